The number of nitrogens with one attached hydrogen (secondary N) is 1. The molecule has 2 rings (SSSR count). The highest BCUT2D eigenvalue weighted by atomic mass is 35.5. The number of hydrogen-bond donors (Lipinski definition) is 2. The molecule has 0 aromatic heterocycles. The zero-order valence-corrected chi connectivity index (χ0v) is 11.5. The van der Waals surface area contributed by atoms with E-state index in [1.807, 2.05) is 0 Å². The van der Waals surface area contributed by atoms with E-state index in [0.29, 0.717) is 11.6 Å². The third-order valence-electron chi connectivity index (χ3n) is 2.79. The van der Waals surface area contributed by atoms with Crippen LogP contribution in [0.15, 0.2) is 24.3 Å². The summed E-state index contributed by atoms with van der Waals surface area (Å²) < 4.78 is 40.3. The van der Waals surface area contributed by atoms with Crippen molar-refractivity contribution in [3.63, 3.8) is 0 Å². The van der Waals surface area contributed by atoms with Crippen molar-refractivity contribution in [3.8, 4) is 12.3 Å². The van der Waals surface area contributed by atoms with E-state index >= 15 is 0 Å². The van der Waals surface area contributed by atoms with Crippen molar-refractivity contribution in [1.29, 1.82) is 0 Å². The summed E-state index contributed by atoms with van der Waals surface area (Å²) in [6.07, 6.45) is 5.19. The van der Waals surface area contributed by atoms with Crippen molar-refractivity contribution >= 4 is 28.9 Å². The first-order valence-electron chi connectivity index (χ1n) is 5.79. The molecule has 0 aliphatic carbocycles. The van der Waals surface area contributed by atoms with Gasteiger partial charge in [0.05, 0.1) is 22.0 Å². The van der Waals surface area contributed by atoms with Gasteiger partial charge in [0.15, 0.2) is 17.5 Å². The molecule has 0 saturated carbocycles. The second-order valence-electron chi connectivity index (χ2n) is 4.18. The van der Waals surface area contributed by atoms with E-state index in [2.05, 4.69) is 11.2 Å². The van der Waals surface area contributed by atoms with E-state index in [1.54, 1.807) is 0 Å². The standard InChI is InChI=1S/C15H7ClF3NO2/c1-2-7-3-4-11(9(16)5-7)20-14-8(15(21)22)6-10(17)12(18)13(14)19/h1,3-6,20H,(H,21,22). The van der Waals surface area contributed by atoms with Gasteiger partial charge in [-0.25, -0.2) is 18.0 Å². The Kier molecular flexibility index (Phi) is 4.29. The first kappa shape index (κ1) is 15.7. The topological polar surface area (TPSA) is 49.3 Å². The summed E-state index contributed by atoms with van der Waals surface area (Å²) in [7, 11) is 0. The fourth-order valence-electron chi connectivity index (χ4n) is 1.73. The van der Waals surface area contributed by atoms with Gasteiger partial charge in [-0.2, -0.15) is 0 Å². The molecular weight excluding hydrogens is 319 g/mol. The van der Waals surface area contributed by atoms with Crippen molar-refractivity contribution in [2.45, 2.75) is 0 Å². The zero-order chi connectivity index (χ0) is 16.4. The van der Waals surface area contributed by atoms with Crippen LogP contribution in [0.5, 0.6) is 0 Å². The SMILES string of the molecule is C#Cc1ccc(Nc2c(C(=O)O)cc(F)c(F)c2F)c(Cl)c1. The molecule has 0 atom stereocenters. The van der Waals surface area contributed by atoms with Gasteiger partial charge in [-0.3, -0.25) is 0 Å². The monoisotopic (exact) mass is 325 g/mol. The highest BCUT2D eigenvalue weighted by Gasteiger charge is 2.23. The number of benzene rings is 2. The van der Waals surface area contributed by atoms with Crippen LogP contribution in [0.4, 0.5) is 24.5 Å². The number of carbonyl (C=O) groups is 1. The maximum absolute atomic E-state index is 13.8. The predicted octanol–water partition coefficient (Wildman–Crippen LogP) is 4.18. The van der Waals surface area contributed by atoms with Gasteiger partial charge in [0.1, 0.15) is 0 Å². The molecule has 0 radical (unpaired) electrons. The summed E-state index contributed by atoms with van der Waals surface area (Å²) in [6.45, 7) is 0. The van der Waals surface area contributed by atoms with Gasteiger partial charge >= 0.3 is 5.97 Å². The van der Waals surface area contributed by atoms with Crippen LogP contribution in [-0.4, -0.2) is 11.1 Å². The minimum atomic E-state index is -1.79. The lowest BCUT2D eigenvalue weighted by Crippen LogP contribution is -2.09. The lowest BCUT2D eigenvalue weighted by molar-refractivity contribution is 0.0696. The number of aromatic carboxylic acids is 1. The number of terminal acetylenes is 1. The van der Waals surface area contributed by atoms with Crippen molar-refractivity contribution in [3.05, 3.63) is 57.9 Å². The van der Waals surface area contributed by atoms with Crippen molar-refractivity contribution in [1.82, 2.24) is 0 Å². The first-order valence-corrected chi connectivity index (χ1v) is 6.17. The quantitative estimate of drug-likeness (QED) is 0.657. The average molecular weight is 326 g/mol. The van der Waals surface area contributed by atoms with Crippen molar-refractivity contribution in [2.75, 3.05) is 5.32 Å². The Morgan fingerprint density at radius 2 is 1.91 bits per heavy atom. The van der Waals surface area contributed by atoms with Crippen LogP contribution in [0, 0.1) is 29.8 Å². The number of carboxylic acids is 1. The largest absolute Gasteiger partial charge is 0.478 e. The number of hydrogen-bond acceptors (Lipinski definition) is 2. The molecule has 0 fully saturated rings. The number of anilines is 2. The molecule has 0 unspecified atom stereocenters. The van der Waals surface area contributed by atoms with Crippen molar-refractivity contribution in [2.24, 2.45) is 0 Å². The van der Waals surface area contributed by atoms with Crippen LogP contribution in [0.1, 0.15) is 15.9 Å². The number of rotatable bonds is 3. The van der Waals surface area contributed by atoms with E-state index in [-0.39, 0.29) is 10.7 Å². The molecule has 0 spiro atoms. The summed E-state index contributed by atoms with van der Waals surface area (Å²) in [5.74, 6) is -4.35. The molecule has 3 nitrogen and oxygen atoms in total. The predicted molar refractivity (Wildman–Crippen MR) is 75.9 cm³/mol. The van der Waals surface area contributed by atoms with E-state index in [1.165, 1.54) is 18.2 Å². The van der Waals surface area contributed by atoms with Crippen molar-refractivity contribution < 1.29 is 23.1 Å². The maximum atomic E-state index is 13.8. The van der Waals surface area contributed by atoms with E-state index < -0.39 is 34.7 Å². The molecular formula is C15H7ClF3NO2. The Morgan fingerprint density at radius 3 is 2.45 bits per heavy atom. The van der Waals surface area contributed by atoms with Crippen LogP contribution in [0.2, 0.25) is 5.02 Å². The molecule has 2 N–H and O–H groups in total. The number of carboxylic acid groups (broad SMARTS) is 1. The van der Waals surface area contributed by atoms with Gasteiger partial charge in [0, 0.05) is 5.56 Å². The minimum Gasteiger partial charge on any atom is -0.478 e. The average Bonchev–Trinajstić information content (AvgIpc) is 2.48. The normalized spacial score (nSPS) is 10.1. The van der Waals surface area contributed by atoms with Crippen LogP contribution in [0.25, 0.3) is 0 Å². The lowest BCUT2D eigenvalue weighted by Gasteiger charge is -2.13. The molecule has 112 valence electrons. The fourth-order valence-corrected chi connectivity index (χ4v) is 1.95. The minimum absolute atomic E-state index is 0.0657. The first-order chi connectivity index (χ1) is 10.3. The number of halogens is 4. The Morgan fingerprint density at radius 1 is 1.23 bits per heavy atom. The Labute approximate surface area is 128 Å². The van der Waals surface area contributed by atoms with Gasteiger partial charge in [0.2, 0.25) is 0 Å². The van der Waals surface area contributed by atoms with Gasteiger partial charge in [0.25, 0.3) is 0 Å². The smallest absolute Gasteiger partial charge is 0.338 e. The van der Waals surface area contributed by atoms with E-state index in [9.17, 15) is 18.0 Å². The van der Waals surface area contributed by atoms with E-state index in [0.717, 1.165) is 0 Å². The Bertz CT molecular complexity index is 815. The van der Waals surface area contributed by atoms with Crippen LogP contribution < -0.4 is 5.32 Å². The van der Waals surface area contributed by atoms with Gasteiger partial charge < -0.3 is 10.4 Å². The maximum Gasteiger partial charge on any atom is 0.338 e. The summed E-state index contributed by atoms with van der Waals surface area (Å²) in [5, 5.41) is 11.4. The van der Waals surface area contributed by atoms with Crippen LogP contribution in [-0.2, 0) is 0 Å². The highest BCUT2D eigenvalue weighted by molar-refractivity contribution is 6.33. The van der Waals surface area contributed by atoms with Gasteiger partial charge in [-0.15, -0.1) is 6.42 Å². The molecule has 7 heteroatoms. The highest BCUT2D eigenvalue weighted by Crippen LogP contribution is 2.31. The van der Waals surface area contributed by atoms with Gasteiger partial charge in [-0.05, 0) is 24.3 Å². The van der Waals surface area contributed by atoms with E-state index in [4.69, 9.17) is 23.1 Å². The molecule has 0 saturated heterocycles. The second-order valence-corrected chi connectivity index (χ2v) is 4.59. The Hall–Kier alpha value is -2.65. The molecule has 0 heterocycles. The third-order valence-corrected chi connectivity index (χ3v) is 3.10. The summed E-state index contributed by atoms with van der Waals surface area (Å²) in [6, 6.07) is 4.59. The van der Waals surface area contributed by atoms with Crippen LogP contribution >= 0.6 is 11.6 Å². The third kappa shape index (κ3) is 2.85. The Balaban J connectivity index is 2.56. The summed E-state index contributed by atoms with van der Waals surface area (Å²) in [5.41, 5.74) is -0.969. The van der Waals surface area contributed by atoms with Gasteiger partial charge in [-0.1, -0.05) is 17.5 Å². The summed E-state index contributed by atoms with van der Waals surface area (Å²) in [4.78, 5) is 11.1. The second kappa shape index (κ2) is 6.00. The molecule has 0 bridgehead atoms. The summed E-state index contributed by atoms with van der Waals surface area (Å²) >= 11 is 5.92. The van der Waals surface area contributed by atoms with Crippen LogP contribution in [0.3, 0.4) is 0 Å². The molecule has 22 heavy (non-hydrogen) atoms. The lowest BCUT2D eigenvalue weighted by atomic mass is 10.1. The molecule has 2 aromatic carbocycles. The molecule has 2 aromatic rings. The molecule has 0 aliphatic heterocycles. The molecule has 0 amide bonds. The fraction of sp³-hybridized carbons (Fsp3) is 0. The zero-order valence-electron chi connectivity index (χ0n) is 10.8. The molecule has 0 aliphatic rings.